The van der Waals surface area contributed by atoms with Gasteiger partial charge in [0.25, 0.3) is 0 Å². The molecule has 1 aliphatic heterocycles. The predicted molar refractivity (Wildman–Crippen MR) is 78.4 cm³/mol. The summed E-state index contributed by atoms with van der Waals surface area (Å²) in [5.41, 5.74) is 6.82. The summed E-state index contributed by atoms with van der Waals surface area (Å²) in [7, 11) is 1.64. The van der Waals surface area contributed by atoms with Gasteiger partial charge in [0.1, 0.15) is 11.4 Å². The first kappa shape index (κ1) is 12.8. The third-order valence-electron chi connectivity index (χ3n) is 3.57. The minimum Gasteiger partial charge on any atom is -0.494 e. The number of aromatic nitrogens is 3. The minimum absolute atomic E-state index is 0.384. The first-order chi connectivity index (χ1) is 9.79. The number of para-hydroxylation sites is 2. The van der Waals surface area contributed by atoms with Gasteiger partial charge in [0, 0.05) is 13.1 Å². The van der Waals surface area contributed by atoms with Gasteiger partial charge in [-0.3, -0.25) is 0 Å². The summed E-state index contributed by atoms with van der Waals surface area (Å²) < 4.78 is 6.99. The van der Waals surface area contributed by atoms with E-state index in [1.807, 2.05) is 24.3 Å². The number of nitrogens with zero attached hydrogens (tertiary/aromatic N) is 4. The van der Waals surface area contributed by atoms with E-state index in [1.165, 1.54) is 19.3 Å². The van der Waals surface area contributed by atoms with Crippen LogP contribution in [-0.2, 0) is 0 Å². The van der Waals surface area contributed by atoms with E-state index in [1.54, 1.807) is 11.8 Å². The molecule has 1 fully saturated rings. The van der Waals surface area contributed by atoms with Gasteiger partial charge in [0.2, 0.25) is 11.9 Å². The zero-order chi connectivity index (χ0) is 13.9. The summed E-state index contributed by atoms with van der Waals surface area (Å²) in [5.74, 6) is 1.82. The topological polar surface area (TPSA) is 69.2 Å². The molecule has 0 radical (unpaired) electrons. The molecule has 6 heteroatoms. The van der Waals surface area contributed by atoms with Crippen molar-refractivity contribution >= 4 is 11.9 Å². The number of hydrogen-bond acceptors (Lipinski definition) is 5. The summed E-state index contributed by atoms with van der Waals surface area (Å²) in [6, 6.07) is 7.65. The number of nitrogens with two attached hydrogens (primary N) is 1. The van der Waals surface area contributed by atoms with E-state index in [0.717, 1.165) is 24.5 Å². The third-order valence-corrected chi connectivity index (χ3v) is 3.57. The van der Waals surface area contributed by atoms with Gasteiger partial charge in [-0.25, -0.2) is 0 Å². The number of hydrogen-bond donors (Lipinski definition) is 1. The number of anilines is 2. The van der Waals surface area contributed by atoms with Crippen LogP contribution in [0.1, 0.15) is 19.3 Å². The molecule has 20 heavy (non-hydrogen) atoms. The number of benzene rings is 1. The van der Waals surface area contributed by atoms with Crippen LogP contribution in [0.3, 0.4) is 0 Å². The Morgan fingerprint density at radius 3 is 2.65 bits per heavy atom. The van der Waals surface area contributed by atoms with Gasteiger partial charge in [-0.05, 0) is 31.4 Å². The molecule has 1 aromatic carbocycles. The molecule has 0 atom stereocenters. The Bertz CT molecular complexity index is 589. The highest BCUT2D eigenvalue weighted by Gasteiger charge is 2.18. The molecule has 6 nitrogen and oxygen atoms in total. The molecular weight excluding hydrogens is 254 g/mol. The van der Waals surface area contributed by atoms with E-state index >= 15 is 0 Å². The highest BCUT2D eigenvalue weighted by molar-refractivity contribution is 5.51. The maximum atomic E-state index is 6.01. The monoisotopic (exact) mass is 273 g/mol. The molecule has 2 heterocycles. The first-order valence-corrected chi connectivity index (χ1v) is 6.90. The summed E-state index contributed by atoms with van der Waals surface area (Å²) in [5, 5.41) is 4.54. The van der Waals surface area contributed by atoms with E-state index < -0.39 is 0 Å². The molecule has 3 rings (SSSR count). The second-order valence-electron chi connectivity index (χ2n) is 4.90. The number of rotatable bonds is 3. The molecule has 2 aromatic rings. The van der Waals surface area contributed by atoms with Gasteiger partial charge in [0.05, 0.1) is 7.11 Å². The van der Waals surface area contributed by atoms with Crippen LogP contribution < -0.4 is 15.4 Å². The van der Waals surface area contributed by atoms with Crippen LogP contribution in [0.15, 0.2) is 24.3 Å². The summed E-state index contributed by atoms with van der Waals surface area (Å²) in [6.07, 6.45) is 3.64. The van der Waals surface area contributed by atoms with E-state index in [2.05, 4.69) is 15.0 Å². The normalized spacial score (nSPS) is 15.3. The molecule has 0 unspecified atom stereocenters. The van der Waals surface area contributed by atoms with Gasteiger partial charge in [-0.2, -0.15) is 9.67 Å². The van der Waals surface area contributed by atoms with Gasteiger partial charge < -0.3 is 15.4 Å². The Balaban J connectivity index is 1.96. The fraction of sp³-hybridized carbons (Fsp3) is 0.429. The summed E-state index contributed by atoms with van der Waals surface area (Å²) in [4.78, 5) is 6.57. The van der Waals surface area contributed by atoms with Crippen LogP contribution >= 0.6 is 0 Å². The first-order valence-electron chi connectivity index (χ1n) is 6.90. The molecular formula is C14H19N5O. The number of nitrogen functional groups attached to an aromatic ring is 1. The van der Waals surface area contributed by atoms with Crippen LogP contribution in [0.4, 0.5) is 11.9 Å². The van der Waals surface area contributed by atoms with Crippen molar-refractivity contribution < 1.29 is 4.74 Å². The maximum Gasteiger partial charge on any atom is 0.246 e. The van der Waals surface area contributed by atoms with Crippen LogP contribution in [0.5, 0.6) is 5.75 Å². The van der Waals surface area contributed by atoms with Crippen molar-refractivity contribution in [2.45, 2.75) is 19.3 Å². The van der Waals surface area contributed by atoms with Crippen molar-refractivity contribution in [3.05, 3.63) is 24.3 Å². The quantitative estimate of drug-likeness (QED) is 0.924. The molecule has 2 N–H and O–H groups in total. The van der Waals surface area contributed by atoms with E-state index in [-0.39, 0.29) is 0 Å². The van der Waals surface area contributed by atoms with Gasteiger partial charge in [0.15, 0.2) is 0 Å². The average molecular weight is 273 g/mol. The fourth-order valence-electron chi connectivity index (χ4n) is 2.52. The Labute approximate surface area is 118 Å². The lowest BCUT2D eigenvalue weighted by Crippen LogP contribution is -2.30. The molecule has 106 valence electrons. The SMILES string of the molecule is COc1ccccc1-n1nc(N2CCCCC2)nc1N. The molecule has 0 amide bonds. The molecule has 0 saturated carbocycles. The molecule has 1 aromatic heterocycles. The largest absolute Gasteiger partial charge is 0.494 e. The molecule has 0 spiro atoms. The van der Waals surface area contributed by atoms with Crippen LogP contribution in [-0.4, -0.2) is 35.0 Å². The number of piperidine rings is 1. The van der Waals surface area contributed by atoms with Crippen LogP contribution in [0, 0.1) is 0 Å². The summed E-state index contributed by atoms with van der Waals surface area (Å²) >= 11 is 0. The zero-order valence-corrected chi connectivity index (χ0v) is 11.6. The van der Waals surface area contributed by atoms with Gasteiger partial charge in [-0.1, -0.05) is 12.1 Å². The lowest BCUT2D eigenvalue weighted by atomic mass is 10.1. The van der Waals surface area contributed by atoms with Crippen LogP contribution in [0.2, 0.25) is 0 Å². The van der Waals surface area contributed by atoms with E-state index in [4.69, 9.17) is 10.5 Å². The highest BCUT2D eigenvalue weighted by atomic mass is 16.5. The van der Waals surface area contributed by atoms with Crippen molar-refractivity contribution in [3.63, 3.8) is 0 Å². The lowest BCUT2D eigenvalue weighted by molar-refractivity contribution is 0.412. The van der Waals surface area contributed by atoms with Crippen molar-refractivity contribution in [3.8, 4) is 11.4 Å². The second kappa shape index (κ2) is 5.40. The van der Waals surface area contributed by atoms with Crippen molar-refractivity contribution in [2.24, 2.45) is 0 Å². The number of methoxy groups -OCH3 is 1. The molecule has 1 saturated heterocycles. The molecule has 1 aliphatic rings. The molecule has 0 bridgehead atoms. The minimum atomic E-state index is 0.384. The standard InChI is InChI=1S/C14H19N5O/c1-20-12-8-4-3-7-11(12)19-13(15)16-14(17-19)18-9-5-2-6-10-18/h3-4,7-8H,2,5-6,9-10H2,1H3,(H2,15,16,17). The van der Waals surface area contributed by atoms with E-state index in [9.17, 15) is 0 Å². The Kier molecular flexibility index (Phi) is 3.45. The molecule has 0 aliphatic carbocycles. The average Bonchev–Trinajstić information content (AvgIpc) is 2.90. The van der Waals surface area contributed by atoms with Crippen molar-refractivity contribution in [2.75, 3.05) is 30.8 Å². The van der Waals surface area contributed by atoms with Crippen molar-refractivity contribution in [1.29, 1.82) is 0 Å². The van der Waals surface area contributed by atoms with Crippen LogP contribution in [0.25, 0.3) is 5.69 Å². The Morgan fingerprint density at radius 2 is 1.90 bits per heavy atom. The van der Waals surface area contributed by atoms with Gasteiger partial charge in [-0.15, -0.1) is 5.10 Å². The zero-order valence-electron chi connectivity index (χ0n) is 11.6. The lowest BCUT2D eigenvalue weighted by Gasteiger charge is -2.24. The second-order valence-corrected chi connectivity index (χ2v) is 4.90. The Morgan fingerprint density at radius 1 is 1.15 bits per heavy atom. The highest BCUT2D eigenvalue weighted by Crippen LogP contribution is 2.25. The van der Waals surface area contributed by atoms with Crippen molar-refractivity contribution in [1.82, 2.24) is 14.8 Å². The summed E-state index contributed by atoms with van der Waals surface area (Å²) in [6.45, 7) is 1.99. The predicted octanol–water partition coefficient (Wildman–Crippen LogP) is 1.85. The number of ether oxygens (including phenoxy) is 1. The van der Waals surface area contributed by atoms with Gasteiger partial charge >= 0.3 is 0 Å². The maximum absolute atomic E-state index is 6.01. The fourth-order valence-corrected chi connectivity index (χ4v) is 2.52. The Hall–Kier alpha value is -2.24. The smallest absolute Gasteiger partial charge is 0.246 e. The third kappa shape index (κ3) is 2.29. The van der Waals surface area contributed by atoms with E-state index in [0.29, 0.717) is 11.9 Å².